The first-order chi connectivity index (χ1) is 12.4. The number of benzene rings is 2. The first kappa shape index (κ1) is 18.5. The zero-order valence-electron chi connectivity index (χ0n) is 14.4. The van der Waals surface area contributed by atoms with E-state index in [2.05, 4.69) is 0 Å². The van der Waals surface area contributed by atoms with Gasteiger partial charge in [-0.3, -0.25) is 14.5 Å². The molecule has 0 spiro atoms. The van der Waals surface area contributed by atoms with Gasteiger partial charge in [-0.2, -0.15) is 0 Å². The maximum absolute atomic E-state index is 12.6. The number of carbonyl (C=O) groups is 2. The van der Waals surface area contributed by atoms with E-state index in [0.29, 0.717) is 9.93 Å². The number of hydrogen-bond donors (Lipinski definition) is 0. The Morgan fingerprint density at radius 2 is 1.73 bits per heavy atom. The van der Waals surface area contributed by atoms with Gasteiger partial charge in [0, 0.05) is 5.02 Å². The van der Waals surface area contributed by atoms with Crippen LogP contribution in [-0.4, -0.2) is 22.2 Å². The summed E-state index contributed by atoms with van der Waals surface area (Å²) in [6.07, 6.45) is 1.83. The Hall–Kier alpha value is -2.24. The van der Waals surface area contributed by atoms with Gasteiger partial charge in [0.25, 0.3) is 11.1 Å². The van der Waals surface area contributed by atoms with Gasteiger partial charge >= 0.3 is 0 Å². The molecule has 2 aromatic rings. The molecule has 0 N–H and O–H groups in total. The third kappa shape index (κ3) is 4.48. The smallest absolute Gasteiger partial charge is 0.293 e. The highest BCUT2D eigenvalue weighted by Gasteiger charge is 2.34. The second-order valence-corrected chi connectivity index (χ2v) is 7.56. The van der Waals surface area contributed by atoms with E-state index in [-0.39, 0.29) is 23.8 Å². The van der Waals surface area contributed by atoms with Gasteiger partial charge in [0.05, 0.1) is 17.6 Å². The van der Waals surface area contributed by atoms with Gasteiger partial charge in [-0.15, -0.1) is 0 Å². The maximum Gasteiger partial charge on any atom is 0.293 e. The Bertz CT molecular complexity index is 844. The first-order valence-corrected chi connectivity index (χ1v) is 9.38. The van der Waals surface area contributed by atoms with Gasteiger partial charge in [-0.05, 0) is 67.1 Å². The summed E-state index contributed by atoms with van der Waals surface area (Å²) in [6, 6.07) is 14.5. The van der Waals surface area contributed by atoms with Crippen LogP contribution < -0.4 is 4.74 Å². The van der Waals surface area contributed by atoms with E-state index in [9.17, 15) is 9.59 Å². The molecule has 3 rings (SSSR count). The van der Waals surface area contributed by atoms with Crippen LogP contribution in [0.4, 0.5) is 4.79 Å². The van der Waals surface area contributed by atoms with Crippen LogP contribution >= 0.6 is 23.4 Å². The lowest BCUT2D eigenvalue weighted by molar-refractivity contribution is -0.123. The summed E-state index contributed by atoms with van der Waals surface area (Å²) in [4.78, 5) is 26.4. The van der Waals surface area contributed by atoms with Gasteiger partial charge in [0.2, 0.25) is 0 Å². The molecule has 0 saturated carbocycles. The summed E-state index contributed by atoms with van der Waals surface area (Å²) >= 11 is 6.82. The van der Waals surface area contributed by atoms with E-state index >= 15 is 0 Å². The number of amides is 2. The monoisotopic (exact) mass is 387 g/mol. The van der Waals surface area contributed by atoms with E-state index in [0.717, 1.165) is 28.6 Å². The molecule has 26 heavy (non-hydrogen) atoms. The number of ether oxygens (including phenoxy) is 1. The van der Waals surface area contributed by atoms with E-state index < -0.39 is 0 Å². The number of carbonyl (C=O) groups excluding carboxylic acids is 2. The SMILES string of the molecule is CC(C)Oc1ccc(/C=C2\SC(=O)N(Cc3ccc(Cl)cc3)C2=O)cc1. The van der Waals surface area contributed by atoms with Crippen LogP contribution in [0.5, 0.6) is 5.75 Å². The molecule has 1 heterocycles. The largest absolute Gasteiger partial charge is 0.491 e. The van der Waals surface area contributed by atoms with Crippen molar-refractivity contribution in [3.63, 3.8) is 0 Å². The number of halogens is 1. The van der Waals surface area contributed by atoms with Gasteiger partial charge in [-0.1, -0.05) is 35.9 Å². The van der Waals surface area contributed by atoms with Crippen molar-refractivity contribution in [1.82, 2.24) is 4.90 Å². The van der Waals surface area contributed by atoms with Crippen LogP contribution in [0.25, 0.3) is 6.08 Å². The number of rotatable bonds is 5. The number of nitrogens with zero attached hydrogens (tertiary/aromatic N) is 1. The molecule has 1 aliphatic rings. The van der Waals surface area contributed by atoms with Crippen molar-refractivity contribution in [3.05, 3.63) is 69.6 Å². The highest BCUT2D eigenvalue weighted by atomic mass is 35.5. The average molecular weight is 388 g/mol. The standard InChI is InChI=1S/C20H18ClNO3S/c1-13(2)25-17-9-5-14(6-10-17)11-18-19(23)22(20(24)26-18)12-15-3-7-16(21)8-4-15/h3-11,13H,12H2,1-2H3/b18-11-. The zero-order chi connectivity index (χ0) is 18.7. The quantitative estimate of drug-likeness (QED) is 0.647. The normalized spacial score (nSPS) is 16.0. The molecular formula is C20H18ClNO3S. The van der Waals surface area contributed by atoms with Gasteiger partial charge in [0.15, 0.2) is 0 Å². The minimum Gasteiger partial charge on any atom is -0.491 e. The van der Waals surface area contributed by atoms with Gasteiger partial charge in [0.1, 0.15) is 5.75 Å². The van der Waals surface area contributed by atoms with E-state index in [1.54, 1.807) is 18.2 Å². The molecule has 6 heteroatoms. The van der Waals surface area contributed by atoms with Crippen LogP contribution in [0.2, 0.25) is 5.02 Å². The third-order valence-corrected chi connectivity index (χ3v) is 4.84. The molecule has 0 radical (unpaired) electrons. The predicted octanol–water partition coefficient (Wildman–Crippen LogP) is 5.36. The molecule has 0 bridgehead atoms. The number of hydrogen-bond acceptors (Lipinski definition) is 4. The van der Waals surface area contributed by atoms with Crippen molar-refractivity contribution in [3.8, 4) is 5.75 Å². The summed E-state index contributed by atoms with van der Waals surface area (Å²) in [6.45, 7) is 4.16. The first-order valence-electron chi connectivity index (χ1n) is 8.19. The van der Waals surface area contributed by atoms with Gasteiger partial charge in [-0.25, -0.2) is 0 Å². The second-order valence-electron chi connectivity index (χ2n) is 6.13. The molecule has 1 aliphatic heterocycles. The van der Waals surface area contributed by atoms with Crippen LogP contribution in [-0.2, 0) is 11.3 Å². The molecule has 0 aliphatic carbocycles. The van der Waals surface area contributed by atoms with Crippen molar-refractivity contribution in [2.75, 3.05) is 0 Å². The fourth-order valence-electron chi connectivity index (χ4n) is 2.47. The molecule has 1 saturated heterocycles. The number of imide groups is 1. The molecule has 134 valence electrons. The Morgan fingerprint density at radius 1 is 1.08 bits per heavy atom. The van der Waals surface area contributed by atoms with Crippen molar-refractivity contribution >= 4 is 40.6 Å². The lowest BCUT2D eigenvalue weighted by Gasteiger charge is -2.12. The highest BCUT2D eigenvalue weighted by Crippen LogP contribution is 2.33. The van der Waals surface area contributed by atoms with E-state index in [1.165, 1.54) is 4.90 Å². The molecule has 4 nitrogen and oxygen atoms in total. The summed E-state index contributed by atoms with van der Waals surface area (Å²) in [5.41, 5.74) is 1.70. The Morgan fingerprint density at radius 3 is 2.35 bits per heavy atom. The third-order valence-electron chi connectivity index (χ3n) is 3.68. The Balaban J connectivity index is 1.73. The molecule has 2 amide bonds. The predicted molar refractivity (Wildman–Crippen MR) is 105 cm³/mol. The molecule has 2 aromatic carbocycles. The number of thioether (sulfide) groups is 1. The zero-order valence-corrected chi connectivity index (χ0v) is 16.0. The second kappa shape index (κ2) is 7.98. The maximum atomic E-state index is 12.6. The molecule has 0 unspecified atom stereocenters. The van der Waals surface area contributed by atoms with Crippen LogP contribution in [0.3, 0.4) is 0 Å². The summed E-state index contributed by atoms with van der Waals surface area (Å²) in [5.74, 6) is 0.491. The van der Waals surface area contributed by atoms with Crippen molar-refractivity contribution < 1.29 is 14.3 Å². The highest BCUT2D eigenvalue weighted by molar-refractivity contribution is 8.18. The summed E-state index contributed by atoms with van der Waals surface area (Å²) in [7, 11) is 0. The van der Waals surface area contributed by atoms with E-state index in [1.807, 2.05) is 50.2 Å². The van der Waals surface area contributed by atoms with Crippen molar-refractivity contribution in [1.29, 1.82) is 0 Å². The minimum atomic E-state index is -0.280. The van der Waals surface area contributed by atoms with Crippen LogP contribution in [0.15, 0.2) is 53.4 Å². The molecule has 1 fully saturated rings. The average Bonchev–Trinajstić information content (AvgIpc) is 2.85. The van der Waals surface area contributed by atoms with E-state index in [4.69, 9.17) is 16.3 Å². The molecular weight excluding hydrogens is 370 g/mol. The molecule has 0 atom stereocenters. The fraction of sp³-hybridized carbons (Fsp3) is 0.200. The topological polar surface area (TPSA) is 46.6 Å². The van der Waals surface area contributed by atoms with Gasteiger partial charge < -0.3 is 4.74 Å². The van der Waals surface area contributed by atoms with Crippen molar-refractivity contribution in [2.45, 2.75) is 26.5 Å². The minimum absolute atomic E-state index is 0.102. The lowest BCUT2D eigenvalue weighted by atomic mass is 10.2. The Kier molecular flexibility index (Phi) is 5.69. The summed E-state index contributed by atoms with van der Waals surface area (Å²) < 4.78 is 5.60. The lowest BCUT2D eigenvalue weighted by Crippen LogP contribution is -2.27. The van der Waals surface area contributed by atoms with Crippen LogP contribution in [0.1, 0.15) is 25.0 Å². The Labute approximate surface area is 161 Å². The molecule has 0 aromatic heterocycles. The van der Waals surface area contributed by atoms with Crippen LogP contribution in [0, 0.1) is 0 Å². The fourth-order valence-corrected chi connectivity index (χ4v) is 3.44. The summed E-state index contributed by atoms with van der Waals surface area (Å²) in [5, 5.41) is 0.351. The van der Waals surface area contributed by atoms with Crippen molar-refractivity contribution in [2.24, 2.45) is 0 Å².